The van der Waals surface area contributed by atoms with Gasteiger partial charge in [-0.25, -0.2) is 9.36 Å². The van der Waals surface area contributed by atoms with Crippen LogP contribution in [0.4, 0.5) is 0 Å². The monoisotopic (exact) mass is 493 g/mol. The summed E-state index contributed by atoms with van der Waals surface area (Å²) in [6.45, 7) is 15.8. The Balaban J connectivity index is 1.28. The Morgan fingerprint density at radius 1 is 0.944 bits per heavy atom. The fourth-order valence-electron chi connectivity index (χ4n) is 4.91. The number of carbonyl (C=O) groups is 1. The largest absolute Gasteiger partial charge is 0.356 e. The summed E-state index contributed by atoms with van der Waals surface area (Å²) in [6.07, 6.45) is 1.88. The van der Waals surface area contributed by atoms with Crippen LogP contribution in [0, 0.1) is 20.8 Å². The number of nitrogens with zero attached hydrogens (tertiary/aromatic N) is 6. The molecule has 1 aliphatic heterocycles. The molecule has 2 aromatic heterocycles. The smallest absolute Gasteiger partial charge is 0.295 e. The van der Waals surface area contributed by atoms with E-state index in [1.807, 2.05) is 49.7 Å². The van der Waals surface area contributed by atoms with E-state index in [2.05, 4.69) is 32.2 Å². The van der Waals surface area contributed by atoms with Gasteiger partial charge in [-0.3, -0.25) is 9.59 Å². The van der Waals surface area contributed by atoms with E-state index in [0.29, 0.717) is 31.4 Å². The molecule has 1 amide bonds. The second-order valence-electron chi connectivity index (χ2n) is 9.75. The van der Waals surface area contributed by atoms with Crippen molar-refractivity contribution in [2.24, 2.45) is 0 Å². The highest BCUT2D eigenvalue weighted by atomic mass is 16.1. The zero-order chi connectivity index (χ0) is 25.7. The topological polar surface area (TPSA) is 88.3 Å². The average Bonchev–Trinajstić information content (AvgIpc) is 3.23. The number of benzene rings is 1. The molecule has 3 aromatic rings. The Labute approximate surface area is 213 Å². The minimum Gasteiger partial charge on any atom is -0.356 e. The van der Waals surface area contributed by atoms with Crippen LogP contribution in [0.15, 0.2) is 29.1 Å². The van der Waals surface area contributed by atoms with E-state index in [0.717, 1.165) is 68.2 Å². The maximum atomic E-state index is 13.1. The molecular formula is C27H39N7O2. The van der Waals surface area contributed by atoms with E-state index in [4.69, 9.17) is 0 Å². The van der Waals surface area contributed by atoms with Crippen LogP contribution in [-0.2, 0) is 11.3 Å². The molecule has 36 heavy (non-hydrogen) atoms. The van der Waals surface area contributed by atoms with Crippen molar-refractivity contribution in [2.45, 2.75) is 53.5 Å². The summed E-state index contributed by atoms with van der Waals surface area (Å²) < 4.78 is 3.26. The first kappa shape index (κ1) is 26.0. The minimum atomic E-state index is -0.215. The van der Waals surface area contributed by atoms with Gasteiger partial charge in [0, 0.05) is 45.7 Å². The van der Waals surface area contributed by atoms with Crippen molar-refractivity contribution in [2.75, 3.05) is 45.8 Å². The Morgan fingerprint density at radius 2 is 1.64 bits per heavy atom. The molecular weight excluding hydrogens is 454 g/mol. The van der Waals surface area contributed by atoms with Gasteiger partial charge in [-0.1, -0.05) is 24.6 Å². The lowest BCUT2D eigenvalue weighted by molar-refractivity contribution is -0.121. The van der Waals surface area contributed by atoms with Crippen LogP contribution in [0.1, 0.15) is 43.1 Å². The molecule has 9 nitrogen and oxygen atoms in total. The second kappa shape index (κ2) is 11.8. The van der Waals surface area contributed by atoms with E-state index >= 15 is 0 Å². The zero-order valence-corrected chi connectivity index (χ0v) is 22.1. The van der Waals surface area contributed by atoms with Crippen LogP contribution >= 0.6 is 0 Å². The van der Waals surface area contributed by atoms with Gasteiger partial charge in [0.15, 0.2) is 5.52 Å². The molecule has 1 aliphatic rings. The number of hydrogen-bond acceptors (Lipinski definition) is 6. The average molecular weight is 494 g/mol. The van der Waals surface area contributed by atoms with Crippen molar-refractivity contribution < 1.29 is 4.79 Å². The first-order chi connectivity index (χ1) is 17.4. The molecule has 194 valence electrons. The normalized spacial score (nSPS) is 15.0. The number of amides is 1. The molecule has 1 aromatic carbocycles. The van der Waals surface area contributed by atoms with Crippen molar-refractivity contribution in [1.29, 1.82) is 0 Å². The Bertz CT molecular complexity index is 1240. The van der Waals surface area contributed by atoms with Crippen LogP contribution in [0.5, 0.6) is 0 Å². The fraction of sp³-hybridized carbons (Fsp3) is 0.556. The molecule has 1 N–H and O–H groups in total. The lowest BCUT2D eigenvalue weighted by Crippen LogP contribution is -2.46. The summed E-state index contributed by atoms with van der Waals surface area (Å²) >= 11 is 0. The molecule has 0 bridgehead atoms. The maximum Gasteiger partial charge on any atom is 0.295 e. The molecule has 9 heteroatoms. The van der Waals surface area contributed by atoms with Crippen LogP contribution in [0.3, 0.4) is 0 Å². The highest BCUT2D eigenvalue weighted by Crippen LogP contribution is 2.21. The number of nitrogens with one attached hydrogen (secondary N) is 1. The Hall–Kier alpha value is -3.04. The third kappa shape index (κ3) is 6.02. The molecule has 1 saturated heterocycles. The summed E-state index contributed by atoms with van der Waals surface area (Å²) in [7, 11) is 0. The van der Waals surface area contributed by atoms with Crippen LogP contribution < -0.4 is 10.9 Å². The standard InChI is InChI=1S/C27H39N7O2/c1-5-31-16-18-32(19-17-31)14-7-13-28-24(35)8-6-15-33-27(36)26-25(21(3)29-33)22(4)34(30-26)23-11-9-20(2)10-12-23/h9-12H,5-8,13-19H2,1-4H3,(H,28,35). The van der Waals surface area contributed by atoms with Gasteiger partial charge in [0.05, 0.1) is 22.5 Å². The summed E-state index contributed by atoms with van der Waals surface area (Å²) in [5, 5.41) is 13.0. The number of likely N-dealkylation sites (N-methyl/N-ethyl adjacent to an activating group) is 1. The quantitative estimate of drug-likeness (QED) is 0.437. The summed E-state index contributed by atoms with van der Waals surface area (Å²) in [4.78, 5) is 30.4. The molecule has 0 radical (unpaired) electrons. The molecule has 0 atom stereocenters. The van der Waals surface area contributed by atoms with E-state index in [1.54, 1.807) is 0 Å². The fourth-order valence-corrected chi connectivity index (χ4v) is 4.91. The van der Waals surface area contributed by atoms with Crippen molar-refractivity contribution in [1.82, 2.24) is 34.7 Å². The van der Waals surface area contributed by atoms with Crippen molar-refractivity contribution in [3.8, 4) is 5.69 Å². The van der Waals surface area contributed by atoms with Gasteiger partial charge in [0.25, 0.3) is 5.56 Å². The van der Waals surface area contributed by atoms with Gasteiger partial charge < -0.3 is 15.1 Å². The van der Waals surface area contributed by atoms with Gasteiger partial charge in [-0.05, 0) is 58.8 Å². The molecule has 4 rings (SSSR count). The summed E-state index contributed by atoms with van der Waals surface area (Å²) in [6, 6.07) is 8.06. The van der Waals surface area contributed by atoms with Crippen molar-refractivity contribution in [3.63, 3.8) is 0 Å². The first-order valence-corrected chi connectivity index (χ1v) is 13.1. The maximum absolute atomic E-state index is 13.1. The predicted molar refractivity (Wildman–Crippen MR) is 143 cm³/mol. The van der Waals surface area contributed by atoms with Crippen LogP contribution in [0.25, 0.3) is 16.6 Å². The van der Waals surface area contributed by atoms with Crippen LogP contribution in [0.2, 0.25) is 0 Å². The third-order valence-electron chi connectivity index (χ3n) is 7.12. The van der Waals surface area contributed by atoms with Crippen molar-refractivity contribution >= 4 is 16.8 Å². The molecule has 3 heterocycles. The number of rotatable bonds is 10. The predicted octanol–water partition coefficient (Wildman–Crippen LogP) is 2.43. The zero-order valence-electron chi connectivity index (χ0n) is 22.1. The van der Waals surface area contributed by atoms with E-state index < -0.39 is 0 Å². The Morgan fingerprint density at radius 3 is 2.33 bits per heavy atom. The minimum absolute atomic E-state index is 0.0242. The highest BCUT2D eigenvalue weighted by Gasteiger charge is 2.18. The highest BCUT2D eigenvalue weighted by molar-refractivity contribution is 5.83. The number of aromatic nitrogens is 4. The van der Waals surface area contributed by atoms with E-state index in [9.17, 15) is 9.59 Å². The lowest BCUT2D eigenvalue weighted by atomic mass is 10.2. The number of aryl methyl sites for hydroxylation is 4. The molecule has 0 saturated carbocycles. The van der Waals surface area contributed by atoms with Gasteiger partial charge in [-0.2, -0.15) is 10.2 Å². The number of fused-ring (bicyclic) bond motifs is 1. The summed E-state index contributed by atoms with van der Waals surface area (Å²) in [5.74, 6) is 0.0242. The summed E-state index contributed by atoms with van der Waals surface area (Å²) in [5.41, 5.74) is 3.96. The molecule has 1 fully saturated rings. The van der Waals surface area contributed by atoms with Gasteiger partial charge in [0.2, 0.25) is 5.91 Å². The lowest BCUT2D eigenvalue weighted by Gasteiger charge is -2.33. The Kier molecular flexibility index (Phi) is 8.53. The van der Waals surface area contributed by atoms with Gasteiger partial charge in [-0.15, -0.1) is 0 Å². The SMILES string of the molecule is CCN1CCN(CCCNC(=O)CCCn2nc(C)c3c(C)n(-c4ccc(C)cc4)nc3c2=O)CC1. The molecule has 0 spiro atoms. The van der Waals surface area contributed by atoms with E-state index in [-0.39, 0.29) is 11.5 Å². The van der Waals surface area contributed by atoms with E-state index in [1.165, 1.54) is 10.2 Å². The van der Waals surface area contributed by atoms with Gasteiger partial charge >= 0.3 is 0 Å². The third-order valence-corrected chi connectivity index (χ3v) is 7.12. The molecule has 0 unspecified atom stereocenters. The second-order valence-corrected chi connectivity index (χ2v) is 9.75. The number of piperazine rings is 1. The number of carbonyl (C=O) groups excluding carboxylic acids is 1. The van der Waals surface area contributed by atoms with Crippen molar-refractivity contribution in [3.05, 3.63) is 51.6 Å². The van der Waals surface area contributed by atoms with Crippen LogP contribution in [-0.4, -0.2) is 81.1 Å². The first-order valence-electron chi connectivity index (χ1n) is 13.1. The van der Waals surface area contributed by atoms with Gasteiger partial charge in [0.1, 0.15) is 0 Å². The molecule has 0 aliphatic carbocycles. The number of hydrogen-bond donors (Lipinski definition) is 1.